The van der Waals surface area contributed by atoms with Crippen LogP contribution in [0.15, 0.2) is 24.3 Å². The number of benzene rings is 1. The highest BCUT2D eigenvalue weighted by atomic mass is 16.6. The molecule has 0 saturated heterocycles. The van der Waals surface area contributed by atoms with Gasteiger partial charge in [-0.15, -0.1) is 0 Å². The quantitative estimate of drug-likeness (QED) is 0.413. The average Bonchev–Trinajstić information content (AvgIpc) is 2.20. The molecule has 0 saturated carbocycles. The predicted octanol–water partition coefficient (Wildman–Crippen LogP) is 0.301. The second-order valence-electron chi connectivity index (χ2n) is 2.60. The molecule has 0 amide bonds. The number of hydrogen-bond donors (Lipinski definition) is 2. The molecule has 0 unspecified atom stereocenters. The fourth-order valence-electron chi connectivity index (χ4n) is 0.993. The number of aliphatic hydroxyl groups excluding tert-OH is 2. The summed E-state index contributed by atoms with van der Waals surface area (Å²) in [5.74, 6) is 0. The van der Waals surface area contributed by atoms with Gasteiger partial charge in [-0.05, 0) is 12.1 Å². The van der Waals surface area contributed by atoms with Crippen LogP contribution in [0.3, 0.4) is 0 Å². The van der Waals surface area contributed by atoms with Crippen LogP contribution in [0.25, 0.3) is 0 Å². The van der Waals surface area contributed by atoms with Gasteiger partial charge in [0.15, 0.2) is 0 Å². The highest BCUT2D eigenvalue weighted by Crippen LogP contribution is 2.18. The summed E-state index contributed by atoms with van der Waals surface area (Å²) in [4.78, 5) is 11.1. The van der Waals surface area contributed by atoms with E-state index < -0.39 is 4.92 Å². The highest BCUT2D eigenvalue weighted by Gasteiger charge is 2.07. The van der Waals surface area contributed by atoms with Gasteiger partial charge in [-0.2, -0.15) is 0 Å². The van der Waals surface area contributed by atoms with Crippen molar-refractivity contribution < 1.29 is 15.1 Å². The zero-order valence-corrected chi connectivity index (χ0v) is 7.33. The van der Waals surface area contributed by atoms with E-state index in [1.807, 2.05) is 0 Å². The van der Waals surface area contributed by atoms with Gasteiger partial charge in [-0.25, -0.2) is 0 Å². The molecular formula is C8H10N2O4. The van der Waals surface area contributed by atoms with Crippen LogP contribution < -0.4 is 4.90 Å². The third kappa shape index (κ3) is 2.18. The van der Waals surface area contributed by atoms with Crippen molar-refractivity contribution in [3.8, 4) is 0 Å². The lowest BCUT2D eigenvalue weighted by molar-refractivity contribution is -0.384. The van der Waals surface area contributed by atoms with Crippen molar-refractivity contribution in [2.24, 2.45) is 0 Å². The molecule has 14 heavy (non-hydrogen) atoms. The normalized spacial score (nSPS) is 9.86. The molecule has 6 heteroatoms. The molecular weight excluding hydrogens is 188 g/mol. The number of nitro groups is 1. The Bertz CT molecular complexity index is 308. The molecule has 1 aromatic carbocycles. The Morgan fingerprint density at radius 3 is 2.07 bits per heavy atom. The van der Waals surface area contributed by atoms with E-state index in [4.69, 9.17) is 10.2 Å². The first kappa shape index (κ1) is 10.4. The van der Waals surface area contributed by atoms with Crippen molar-refractivity contribution in [2.75, 3.05) is 18.4 Å². The number of nitro benzene ring substituents is 1. The van der Waals surface area contributed by atoms with E-state index in [1.54, 1.807) is 0 Å². The lowest BCUT2D eigenvalue weighted by Crippen LogP contribution is -2.24. The molecule has 0 aliphatic heterocycles. The third-order valence-corrected chi connectivity index (χ3v) is 1.77. The minimum Gasteiger partial charge on any atom is -0.376 e. The van der Waals surface area contributed by atoms with Crippen LogP contribution in [0, 0.1) is 10.1 Å². The van der Waals surface area contributed by atoms with Crippen LogP contribution in [0.1, 0.15) is 0 Å². The molecule has 6 nitrogen and oxygen atoms in total. The van der Waals surface area contributed by atoms with Crippen LogP contribution in [0.5, 0.6) is 0 Å². The van der Waals surface area contributed by atoms with E-state index in [9.17, 15) is 10.1 Å². The molecule has 0 aliphatic rings. The van der Waals surface area contributed by atoms with E-state index in [0.29, 0.717) is 5.69 Å². The first-order chi connectivity index (χ1) is 6.69. The van der Waals surface area contributed by atoms with Crippen LogP contribution in [0.2, 0.25) is 0 Å². The monoisotopic (exact) mass is 198 g/mol. The topological polar surface area (TPSA) is 86.8 Å². The van der Waals surface area contributed by atoms with Gasteiger partial charge in [0.1, 0.15) is 13.5 Å². The molecule has 0 radical (unpaired) electrons. The van der Waals surface area contributed by atoms with Crippen molar-refractivity contribution in [2.45, 2.75) is 0 Å². The second kappa shape index (κ2) is 4.54. The molecule has 0 aliphatic carbocycles. The number of hydrogen-bond acceptors (Lipinski definition) is 5. The summed E-state index contributed by atoms with van der Waals surface area (Å²) >= 11 is 0. The maximum Gasteiger partial charge on any atom is 0.269 e. The van der Waals surface area contributed by atoms with Gasteiger partial charge < -0.3 is 15.1 Å². The first-order valence-electron chi connectivity index (χ1n) is 3.90. The fourth-order valence-corrected chi connectivity index (χ4v) is 0.993. The summed E-state index contributed by atoms with van der Waals surface area (Å²) in [6, 6.07) is 5.55. The Balaban J connectivity index is 2.87. The third-order valence-electron chi connectivity index (χ3n) is 1.77. The predicted molar refractivity (Wildman–Crippen MR) is 49.7 cm³/mol. The molecule has 1 rings (SSSR count). The van der Waals surface area contributed by atoms with Gasteiger partial charge >= 0.3 is 0 Å². The number of anilines is 1. The minimum atomic E-state index is -0.508. The summed E-state index contributed by atoms with van der Waals surface area (Å²) < 4.78 is 0. The van der Waals surface area contributed by atoms with E-state index in [2.05, 4.69) is 0 Å². The van der Waals surface area contributed by atoms with Crippen LogP contribution >= 0.6 is 0 Å². The summed E-state index contributed by atoms with van der Waals surface area (Å²) in [6.07, 6.45) is 0. The first-order valence-corrected chi connectivity index (χ1v) is 3.90. The van der Waals surface area contributed by atoms with Crippen molar-refractivity contribution in [3.05, 3.63) is 34.4 Å². The Hall–Kier alpha value is -1.66. The lowest BCUT2D eigenvalue weighted by atomic mass is 10.3. The van der Waals surface area contributed by atoms with Crippen molar-refractivity contribution in [3.63, 3.8) is 0 Å². The number of non-ortho nitro benzene ring substituents is 1. The minimum absolute atomic E-state index is 0.0235. The molecule has 0 aromatic heterocycles. The van der Waals surface area contributed by atoms with Gasteiger partial charge in [0, 0.05) is 17.8 Å². The van der Waals surface area contributed by atoms with Gasteiger partial charge in [0.2, 0.25) is 0 Å². The smallest absolute Gasteiger partial charge is 0.269 e. The standard InChI is InChI=1S/C8H10N2O4/c11-5-9(6-12)7-1-3-8(4-2-7)10(13)14/h1-4,11-12H,5-6H2. The lowest BCUT2D eigenvalue weighted by Gasteiger charge is -2.18. The van der Waals surface area contributed by atoms with Gasteiger partial charge in [0.05, 0.1) is 4.92 Å². The SMILES string of the molecule is O=[N+]([O-])c1ccc(N(CO)CO)cc1. The van der Waals surface area contributed by atoms with Crippen LogP contribution in [-0.2, 0) is 0 Å². The van der Waals surface area contributed by atoms with Gasteiger partial charge in [-0.3, -0.25) is 10.1 Å². The summed E-state index contributed by atoms with van der Waals surface area (Å²) in [5, 5.41) is 27.9. The van der Waals surface area contributed by atoms with Crippen LogP contribution in [0.4, 0.5) is 11.4 Å². The van der Waals surface area contributed by atoms with Gasteiger partial charge in [-0.1, -0.05) is 0 Å². The van der Waals surface area contributed by atoms with Crippen molar-refractivity contribution >= 4 is 11.4 Å². The number of aliphatic hydroxyl groups is 2. The fraction of sp³-hybridized carbons (Fsp3) is 0.250. The summed E-state index contributed by atoms with van der Waals surface area (Å²) in [5.41, 5.74) is 0.505. The molecule has 1 aromatic rings. The van der Waals surface area contributed by atoms with Crippen LogP contribution in [-0.4, -0.2) is 28.6 Å². The van der Waals surface area contributed by atoms with E-state index in [-0.39, 0.29) is 19.1 Å². The Labute approximate surface area is 80.2 Å². The van der Waals surface area contributed by atoms with Crippen molar-refractivity contribution in [1.29, 1.82) is 0 Å². The second-order valence-corrected chi connectivity index (χ2v) is 2.60. The zero-order chi connectivity index (χ0) is 10.6. The largest absolute Gasteiger partial charge is 0.376 e. The Kier molecular flexibility index (Phi) is 3.38. The molecule has 0 heterocycles. The molecule has 0 atom stereocenters. The Morgan fingerprint density at radius 1 is 1.21 bits per heavy atom. The summed E-state index contributed by atoms with van der Waals surface area (Å²) in [7, 11) is 0. The van der Waals surface area contributed by atoms with Crippen molar-refractivity contribution in [1.82, 2.24) is 0 Å². The van der Waals surface area contributed by atoms with E-state index in [0.717, 1.165) is 0 Å². The highest BCUT2D eigenvalue weighted by molar-refractivity contribution is 5.50. The number of rotatable bonds is 4. The molecule has 76 valence electrons. The number of nitrogens with zero attached hydrogens (tertiary/aromatic N) is 2. The zero-order valence-electron chi connectivity index (χ0n) is 7.33. The van der Waals surface area contributed by atoms with Gasteiger partial charge in [0.25, 0.3) is 5.69 Å². The molecule has 0 spiro atoms. The maximum atomic E-state index is 10.3. The molecule has 0 bridgehead atoms. The van der Waals surface area contributed by atoms with E-state index >= 15 is 0 Å². The maximum absolute atomic E-state index is 10.3. The summed E-state index contributed by atoms with van der Waals surface area (Å²) in [6.45, 7) is -0.678. The van der Waals surface area contributed by atoms with E-state index in [1.165, 1.54) is 29.2 Å². The molecule has 2 N–H and O–H groups in total. The Morgan fingerprint density at radius 2 is 1.71 bits per heavy atom. The average molecular weight is 198 g/mol. The molecule has 0 fully saturated rings.